The second kappa shape index (κ2) is 7.75. The van der Waals surface area contributed by atoms with Crippen LogP contribution in [-0.4, -0.2) is 31.9 Å². The summed E-state index contributed by atoms with van der Waals surface area (Å²) in [4.78, 5) is 12.1. The molecule has 1 aromatic heterocycles. The van der Waals surface area contributed by atoms with Crippen LogP contribution in [-0.2, 0) is 4.79 Å². The van der Waals surface area contributed by atoms with E-state index in [0.717, 1.165) is 11.3 Å². The van der Waals surface area contributed by atoms with Gasteiger partial charge in [-0.1, -0.05) is 45.9 Å². The van der Waals surface area contributed by atoms with Crippen molar-refractivity contribution in [2.45, 2.75) is 12.1 Å². The number of aromatic nitrogens is 4. The number of benzene rings is 2. The topological polar surface area (TPSA) is 72.7 Å². The summed E-state index contributed by atoms with van der Waals surface area (Å²) in [6, 6.07) is 12.1. The Kier molecular flexibility index (Phi) is 5.44. The second-order valence-corrected chi connectivity index (χ2v) is 6.98. The molecule has 0 unspecified atom stereocenters. The summed E-state index contributed by atoms with van der Waals surface area (Å²) in [5.41, 5.74) is 1.99. The predicted molar refractivity (Wildman–Crippen MR) is 97.3 cm³/mol. The van der Waals surface area contributed by atoms with Crippen molar-refractivity contribution in [3.8, 4) is 5.69 Å². The first-order valence-electron chi connectivity index (χ1n) is 7.26. The maximum absolute atomic E-state index is 13.8. The van der Waals surface area contributed by atoms with E-state index in [-0.39, 0.29) is 17.3 Å². The standard InChI is InChI=1S/C16H13BrFN5OS/c1-10-4-2-3-5-14(10)23-16(20-21-22-23)25-9-15(24)19-13-7-6-11(17)8-12(13)18/h2-8H,9H2,1H3,(H,19,24). The molecule has 2 aromatic carbocycles. The summed E-state index contributed by atoms with van der Waals surface area (Å²) in [6.07, 6.45) is 0. The Labute approximate surface area is 155 Å². The van der Waals surface area contributed by atoms with Crippen molar-refractivity contribution >= 4 is 39.3 Å². The zero-order valence-electron chi connectivity index (χ0n) is 13.1. The van der Waals surface area contributed by atoms with E-state index in [4.69, 9.17) is 0 Å². The lowest BCUT2D eigenvalue weighted by Gasteiger charge is -2.08. The van der Waals surface area contributed by atoms with Crippen molar-refractivity contribution in [3.05, 3.63) is 58.3 Å². The lowest BCUT2D eigenvalue weighted by molar-refractivity contribution is -0.113. The average Bonchev–Trinajstić information content (AvgIpc) is 3.04. The molecular weight excluding hydrogens is 409 g/mol. The van der Waals surface area contributed by atoms with E-state index in [1.165, 1.54) is 23.9 Å². The molecule has 6 nitrogen and oxygen atoms in total. The Morgan fingerprint density at radius 2 is 2.12 bits per heavy atom. The van der Waals surface area contributed by atoms with Crippen molar-refractivity contribution in [1.29, 1.82) is 0 Å². The highest BCUT2D eigenvalue weighted by Crippen LogP contribution is 2.22. The SMILES string of the molecule is Cc1ccccc1-n1nnnc1SCC(=O)Nc1ccc(Br)cc1F. The number of para-hydroxylation sites is 1. The molecule has 3 rings (SSSR count). The molecule has 0 aliphatic rings. The number of hydrogen-bond acceptors (Lipinski definition) is 5. The molecule has 1 amide bonds. The van der Waals surface area contributed by atoms with Crippen LogP contribution in [0.2, 0.25) is 0 Å². The molecule has 0 saturated carbocycles. The van der Waals surface area contributed by atoms with Crippen LogP contribution < -0.4 is 5.32 Å². The van der Waals surface area contributed by atoms with E-state index in [1.54, 1.807) is 10.7 Å². The third-order valence-corrected chi connectivity index (χ3v) is 4.73. The number of carbonyl (C=O) groups excluding carboxylic acids is 1. The van der Waals surface area contributed by atoms with Gasteiger partial charge in [0, 0.05) is 4.47 Å². The van der Waals surface area contributed by atoms with E-state index >= 15 is 0 Å². The number of halogens is 2. The van der Waals surface area contributed by atoms with E-state index in [9.17, 15) is 9.18 Å². The number of hydrogen-bond donors (Lipinski definition) is 1. The maximum atomic E-state index is 13.8. The molecule has 0 fully saturated rings. The van der Waals surface area contributed by atoms with Gasteiger partial charge in [0.1, 0.15) is 5.82 Å². The van der Waals surface area contributed by atoms with Crippen molar-refractivity contribution in [1.82, 2.24) is 20.2 Å². The normalized spacial score (nSPS) is 10.7. The number of nitrogens with zero attached hydrogens (tertiary/aromatic N) is 4. The van der Waals surface area contributed by atoms with Gasteiger partial charge >= 0.3 is 0 Å². The number of rotatable bonds is 5. The number of aryl methyl sites for hydroxylation is 1. The molecule has 128 valence electrons. The predicted octanol–water partition coefficient (Wildman–Crippen LogP) is 3.60. The maximum Gasteiger partial charge on any atom is 0.234 e. The van der Waals surface area contributed by atoms with Crippen molar-refractivity contribution in [2.24, 2.45) is 0 Å². The molecule has 0 aliphatic heterocycles. The van der Waals surface area contributed by atoms with Crippen LogP contribution in [0.25, 0.3) is 5.69 Å². The van der Waals surface area contributed by atoms with Crippen LogP contribution in [0.15, 0.2) is 52.1 Å². The summed E-state index contributed by atoms with van der Waals surface area (Å²) >= 11 is 4.35. The monoisotopic (exact) mass is 421 g/mol. The molecule has 0 spiro atoms. The van der Waals surface area contributed by atoms with Crippen LogP contribution >= 0.6 is 27.7 Å². The lowest BCUT2D eigenvalue weighted by Crippen LogP contribution is -2.15. The largest absolute Gasteiger partial charge is 0.323 e. The Hall–Kier alpha value is -2.26. The van der Waals surface area contributed by atoms with Gasteiger partial charge in [-0.05, 0) is 47.2 Å². The van der Waals surface area contributed by atoms with E-state index in [2.05, 4.69) is 36.8 Å². The minimum Gasteiger partial charge on any atom is -0.323 e. The summed E-state index contributed by atoms with van der Waals surface area (Å²) in [5.74, 6) is -0.787. The Morgan fingerprint density at radius 1 is 1.32 bits per heavy atom. The van der Waals surface area contributed by atoms with Gasteiger partial charge in [-0.15, -0.1) is 5.10 Å². The highest BCUT2D eigenvalue weighted by atomic mass is 79.9. The number of thioether (sulfide) groups is 1. The fraction of sp³-hybridized carbons (Fsp3) is 0.125. The molecule has 3 aromatic rings. The Morgan fingerprint density at radius 3 is 2.88 bits per heavy atom. The van der Waals surface area contributed by atoms with Gasteiger partial charge < -0.3 is 5.32 Å². The molecule has 0 bridgehead atoms. The van der Waals surface area contributed by atoms with Gasteiger partial charge in [-0.25, -0.2) is 4.39 Å². The zero-order chi connectivity index (χ0) is 17.8. The summed E-state index contributed by atoms with van der Waals surface area (Å²) < 4.78 is 15.9. The van der Waals surface area contributed by atoms with Crippen LogP contribution in [0.1, 0.15) is 5.56 Å². The fourth-order valence-electron chi connectivity index (χ4n) is 2.13. The van der Waals surface area contributed by atoms with Crippen molar-refractivity contribution in [2.75, 3.05) is 11.1 Å². The third-order valence-electron chi connectivity index (χ3n) is 3.32. The smallest absolute Gasteiger partial charge is 0.234 e. The van der Waals surface area contributed by atoms with Gasteiger partial charge in [0.25, 0.3) is 0 Å². The van der Waals surface area contributed by atoms with E-state index in [1.807, 2.05) is 31.2 Å². The molecule has 1 heterocycles. The summed E-state index contributed by atoms with van der Waals surface area (Å²) in [7, 11) is 0. The van der Waals surface area contributed by atoms with Crippen molar-refractivity contribution in [3.63, 3.8) is 0 Å². The molecule has 0 radical (unpaired) electrons. The molecule has 0 atom stereocenters. The minimum atomic E-state index is -0.502. The van der Waals surface area contributed by atoms with E-state index in [0.29, 0.717) is 9.63 Å². The minimum absolute atomic E-state index is 0.0573. The Balaban J connectivity index is 1.67. The first-order valence-corrected chi connectivity index (χ1v) is 9.04. The third kappa shape index (κ3) is 4.23. The first kappa shape index (κ1) is 17.6. The lowest BCUT2D eigenvalue weighted by atomic mass is 10.2. The number of carbonyl (C=O) groups is 1. The Bertz CT molecular complexity index is 917. The van der Waals surface area contributed by atoms with Crippen LogP contribution in [0.3, 0.4) is 0 Å². The van der Waals surface area contributed by atoms with Gasteiger partial charge in [0.15, 0.2) is 0 Å². The van der Waals surface area contributed by atoms with Gasteiger partial charge in [-0.2, -0.15) is 4.68 Å². The molecule has 25 heavy (non-hydrogen) atoms. The average molecular weight is 422 g/mol. The first-order chi connectivity index (χ1) is 12.0. The quantitative estimate of drug-likeness (QED) is 0.637. The van der Waals surface area contributed by atoms with E-state index < -0.39 is 5.82 Å². The van der Waals surface area contributed by atoms with Crippen LogP contribution in [0, 0.1) is 12.7 Å². The summed E-state index contributed by atoms with van der Waals surface area (Å²) in [5, 5.41) is 14.6. The zero-order valence-corrected chi connectivity index (χ0v) is 15.5. The van der Waals surface area contributed by atoms with Gasteiger partial charge in [0.2, 0.25) is 11.1 Å². The highest BCUT2D eigenvalue weighted by molar-refractivity contribution is 9.10. The number of nitrogens with one attached hydrogen (secondary N) is 1. The highest BCUT2D eigenvalue weighted by Gasteiger charge is 2.14. The molecule has 1 N–H and O–H groups in total. The molecule has 0 saturated heterocycles. The number of amides is 1. The van der Waals surface area contributed by atoms with Crippen LogP contribution in [0.5, 0.6) is 0 Å². The number of anilines is 1. The molecule has 9 heteroatoms. The number of tetrazole rings is 1. The van der Waals surface area contributed by atoms with Gasteiger partial charge in [-0.3, -0.25) is 4.79 Å². The second-order valence-electron chi connectivity index (χ2n) is 5.12. The van der Waals surface area contributed by atoms with Crippen molar-refractivity contribution < 1.29 is 9.18 Å². The van der Waals surface area contributed by atoms with Gasteiger partial charge in [0.05, 0.1) is 17.1 Å². The molecular formula is C16H13BrFN5OS. The van der Waals surface area contributed by atoms with Crippen LogP contribution in [0.4, 0.5) is 10.1 Å². The summed E-state index contributed by atoms with van der Waals surface area (Å²) in [6.45, 7) is 1.95. The fourth-order valence-corrected chi connectivity index (χ4v) is 3.15. The molecule has 0 aliphatic carbocycles.